The molecule has 1 aromatic heterocycles. The third-order valence-electron chi connectivity index (χ3n) is 4.97. The number of rotatable bonds is 3. The van der Waals surface area contributed by atoms with Crippen molar-refractivity contribution in [2.45, 2.75) is 43.3 Å². The Bertz CT molecular complexity index is 769. The molecule has 1 saturated carbocycles. The summed E-state index contributed by atoms with van der Waals surface area (Å²) in [5.41, 5.74) is 1.45. The second-order valence-corrected chi connectivity index (χ2v) is 7.10. The Labute approximate surface area is 149 Å². The van der Waals surface area contributed by atoms with Gasteiger partial charge in [0, 0.05) is 18.0 Å². The first-order chi connectivity index (χ1) is 12.0. The molecule has 7 heteroatoms. The Morgan fingerprint density at radius 2 is 1.68 bits per heavy atom. The maximum Gasteiger partial charge on any atom is 0.586 e. The van der Waals surface area contributed by atoms with E-state index in [1.807, 2.05) is 0 Å². The van der Waals surface area contributed by atoms with E-state index < -0.39 is 11.2 Å². The average molecular weight is 367 g/mol. The van der Waals surface area contributed by atoms with Crippen LogP contribution in [0.3, 0.4) is 0 Å². The maximum absolute atomic E-state index is 13.3. The van der Waals surface area contributed by atoms with Gasteiger partial charge in [-0.25, -0.2) is 9.97 Å². The van der Waals surface area contributed by atoms with Crippen molar-refractivity contribution in [3.8, 4) is 11.5 Å². The predicted molar refractivity (Wildman–Crippen MR) is 87.9 cm³/mol. The highest BCUT2D eigenvalue weighted by Crippen LogP contribution is 2.51. The molecule has 132 valence electrons. The summed E-state index contributed by atoms with van der Waals surface area (Å²) in [4.78, 5) is 7.30. The second kappa shape index (κ2) is 6.09. The fourth-order valence-corrected chi connectivity index (χ4v) is 4.23. The van der Waals surface area contributed by atoms with Crippen LogP contribution >= 0.6 is 11.6 Å². The van der Waals surface area contributed by atoms with Gasteiger partial charge in [-0.3, -0.25) is 0 Å². The lowest BCUT2D eigenvalue weighted by molar-refractivity contribution is -0.286. The first-order valence-electron chi connectivity index (χ1n) is 8.34. The molecule has 2 heterocycles. The van der Waals surface area contributed by atoms with Crippen LogP contribution in [0.4, 0.5) is 8.78 Å². The highest BCUT2D eigenvalue weighted by Gasteiger charge is 2.46. The smallest absolute Gasteiger partial charge is 0.395 e. The van der Waals surface area contributed by atoms with Crippen molar-refractivity contribution in [1.82, 2.24) is 9.97 Å². The first-order valence-corrected chi connectivity index (χ1v) is 8.71. The minimum Gasteiger partial charge on any atom is -0.395 e. The van der Waals surface area contributed by atoms with Crippen LogP contribution in [-0.4, -0.2) is 16.3 Å². The van der Waals surface area contributed by atoms with Gasteiger partial charge in [0.1, 0.15) is 11.2 Å². The van der Waals surface area contributed by atoms with E-state index in [9.17, 15) is 8.78 Å². The number of halogens is 3. The Balaban J connectivity index is 1.79. The van der Waals surface area contributed by atoms with Gasteiger partial charge < -0.3 is 9.47 Å². The van der Waals surface area contributed by atoms with Crippen LogP contribution in [0.5, 0.6) is 11.5 Å². The van der Waals surface area contributed by atoms with Gasteiger partial charge in [-0.2, -0.15) is 0 Å². The van der Waals surface area contributed by atoms with Crippen LogP contribution in [0.15, 0.2) is 36.9 Å². The molecule has 1 atom stereocenters. The fourth-order valence-electron chi connectivity index (χ4n) is 3.80. The van der Waals surface area contributed by atoms with Gasteiger partial charge in [0.15, 0.2) is 11.5 Å². The maximum atomic E-state index is 13.3. The average Bonchev–Trinajstić information content (AvgIpc) is 2.95. The molecule has 4 nitrogen and oxygen atoms in total. The molecule has 2 aromatic rings. The number of hydrogen-bond donors (Lipinski definition) is 0. The van der Waals surface area contributed by atoms with Crippen LogP contribution < -0.4 is 9.47 Å². The topological polar surface area (TPSA) is 44.2 Å². The van der Waals surface area contributed by atoms with Crippen molar-refractivity contribution in [3.63, 3.8) is 0 Å². The number of alkyl halides is 3. The zero-order valence-corrected chi connectivity index (χ0v) is 14.2. The van der Waals surface area contributed by atoms with E-state index >= 15 is 0 Å². The molecular weight excluding hydrogens is 350 g/mol. The summed E-state index contributed by atoms with van der Waals surface area (Å²) in [5, 5.41) is 0. The molecule has 1 unspecified atom stereocenters. The van der Waals surface area contributed by atoms with Crippen molar-refractivity contribution in [2.75, 3.05) is 0 Å². The largest absolute Gasteiger partial charge is 0.586 e. The Hall–Kier alpha value is -1.95. The highest BCUT2D eigenvalue weighted by atomic mass is 35.5. The number of hydrogen-bond acceptors (Lipinski definition) is 4. The zero-order valence-electron chi connectivity index (χ0n) is 13.4. The van der Waals surface area contributed by atoms with Crippen LogP contribution in [0.2, 0.25) is 0 Å². The molecule has 0 N–H and O–H groups in total. The lowest BCUT2D eigenvalue weighted by atomic mass is 9.73. The highest BCUT2D eigenvalue weighted by molar-refractivity contribution is 6.26. The minimum atomic E-state index is -3.64. The van der Waals surface area contributed by atoms with Crippen LogP contribution in [-0.2, 0) is 4.87 Å². The van der Waals surface area contributed by atoms with Gasteiger partial charge in [-0.05, 0) is 36.5 Å². The molecule has 25 heavy (non-hydrogen) atoms. The Morgan fingerprint density at radius 1 is 1.00 bits per heavy atom. The lowest BCUT2D eigenvalue weighted by Crippen LogP contribution is -2.32. The summed E-state index contributed by atoms with van der Waals surface area (Å²) >= 11 is 7.18. The molecule has 0 radical (unpaired) electrons. The van der Waals surface area contributed by atoms with Crippen molar-refractivity contribution in [3.05, 3.63) is 48.0 Å². The lowest BCUT2D eigenvalue weighted by Gasteiger charge is -2.38. The summed E-state index contributed by atoms with van der Waals surface area (Å²) < 4.78 is 35.8. The quantitative estimate of drug-likeness (QED) is 0.727. The van der Waals surface area contributed by atoms with E-state index in [1.165, 1.54) is 18.8 Å². The fraction of sp³-hybridized carbons (Fsp3) is 0.444. The molecular formula is C18H17ClF2N2O2. The standard InChI is InChI=1S/C18H17ClF2N2O2/c19-17(12-4-2-1-3-5-12,14-9-22-11-23-10-14)13-6-7-15-16(8-13)25-18(20,21)24-15/h6-12H,1-5H2. The van der Waals surface area contributed by atoms with E-state index in [0.717, 1.165) is 31.2 Å². The third kappa shape index (κ3) is 2.92. The zero-order chi connectivity index (χ0) is 17.5. The van der Waals surface area contributed by atoms with Crippen molar-refractivity contribution in [2.24, 2.45) is 5.92 Å². The molecule has 1 aliphatic carbocycles. The van der Waals surface area contributed by atoms with Crippen molar-refractivity contribution in [1.29, 1.82) is 0 Å². The monoisotopic (exact) mass is 366 g/mol. The Kier molecular flexibility index (Phi) is 4.02. The van der Waals surface area contributed by atoms with E-state index in [0.29, 0.717) is 5.56 Å². The van der Waals surface area contributed by atoms with E-state index in [4.69, 9.17) is 11.6 Å². The first kappa shape index (κ1) is 16.5. The van der Waals surface area contributed by atoms with Gasteiger partial charge in [-0.1, -0.05) is 25.3 Å². The molecule has 1 aromatic carbocycles. The van der Waals surface area contributed by atoms with Gasteiger partial charge in [0.2, 0.25) is 0 Å². The van der Waals surface area contributed by atoms with Crippen molar-refractivity contribution >= 4 is 11.6 Å². The number of fused-ring (bicyclic) bond motifs is 1. The summed E-state index contributed by atoms with van der Waals surface area (Å²) in [5.74, 6) is 0.177. The minimum absolute atomic E-state index is 0.000170. The molecule has 4 rings (SSSR count). The predicted octanol–water partition coefficient (Wildman–Crippen LogP) is 4.86. The van der Waals surface area contributed by atoms with Gasteiger partial charge in [0.25, 0.3) is 0 Å². The molecule has 0 spiro atoms. The van der Waals surface area contributed by atoms with Crippen LogP contribution in [0.1, 0.15) is 43.2 Å². The summed E-state index contributed by atoms with van der Waals surface area (Å²) in [6.07, 6.45) is 6.47. The van der Waals surface area contributed by atoms with Crippen molar-refractivity contribution < 1.29 is 18.3 Å². The molecule has 0 bridgehead atoms. The second-order valence-electron chi connectivity index (χ2n) is 6.50. The van der Waals surface area contributed by atoms with E-state index in [2.05, 4.69) is 19.4 Å². The number of ether oxygens (including phenoxy) is 2. The van der Waals surface area contributed by atoms with E-state index in [1.54, 1.807) is 24.5 Å². The summed E-state index contributed by atoms with van der Waals surface area (Å²) in [6, 6.07) is 4.75. The van der Waals surface area contributed by atoms with Gasteiger partial charge >= 0.3 is 6.29 Å². The van der Waals surface area contributed by atoms with E-state index in [-0.39, 0.29) is 17.4 Å². The number of nitrogens with zero attached hydrogens (tertiary/aromatic N) is 2. The SMILES string of the molecule is FC1(F)Oc2ccc(C(Cl)(c3cncnc3)C3CCCCC3)cc2O1. The summed E-state index contributed by atoms with van der Waals surface area (Å²) in [7, 11) is 0. The van der Waals surface area contributed by atoms with Gasteiger partial charge in [0.05, 0.1) is 0 Å². The van der Waals surface area contributed by atoms with Crippen LogP contribution in [0, 0.1) is 5.92 Å². The molecule has 2 aliphatic rings. The normalized spacial score (nSPS) is 21.7. The third-order valence-corrected chi connectivity index (χ3v) is 5.71. The Morgan fingerprint density at radius 3 is 2.40 bits per heavy atom. The molecule has 0 saturated heterocycles. The summed E-state index contributed by atoms with van der Waals surface area (Å²) in [6.45, 7) is 0. The van der Waals surface area contributed by atoms with Gasteiger partial charge in [-0.15, -0.1) is 20.4 Å². The van der Waals surface area contributed by atoms with Crippen LogP contribution in [0.25, 0.3) is 0 Å². The molecule has 1 fully saturated rings. The number of aromatic nitrogens is 2. The molecule has 0 amide bonds. The molecule has 1 aliphatic heterocycles. The number of benzene rings is 1.